The lowest BCUT2D eigenvalue weighted by Crippen LogP contribution is -2.29. The molecular formula is C15H23FN2O4S. The molecule has 0 saturated carbocycles. The maximum absolute atomic E-state index is 13.5. The average Bonchev–Trinajstić information content (AvgIpc) is 2.55. The van der Waals surface area contributed by atoms with Gasteiger partial charge < -0.3 is 14.8 Å². The van der Waals surface area contributed by atoms with Gasteiger partial charge in [-0.1, -0.05) is 0 Å². The van der Waals surface area contributed by atoms with Gasteiger partial charge in [-0.3, -0.25) is 0 Å². The Morgan fingerprint density at radius 3 is 2.78 bits per heavy atom. The van der Waals surface area contributed by atoms with Crippen molar-refractivity contribution < 1.29 is 22.3 Å². The first-order valence-electron chi connectivity index (χ1n) is 7.62. The van der Waals surface area contributed by atoms with Crippen LogP contribution in [-0.4, -0.2) is 48.4 Å². The van der Waals surface area contributed by atoms with Gasteiger partial charge in [0.15, 0.2) is 0 Å². The number of sulfonamides is 1. The van der Waals surface area contributed by atoms with E-state index in [2.05, 4.69) is 10.0 Å². The number of benzene rings is 1. The molecule has 0 aliphatic carbocycles. The summed E-state index contributed by atoms with van der Waals surface area (Å²) in [7, 11) is -2.31. The molecule has 1 aliphatic rings. The predicted octanol–water partition coefficient (Wildman–Crippen LogP) is 1.59. The van der Waals surface area contributed by atoms with Gasteiger partial charge in [-0.15, -0.1) is 0 Å². The zero-order valence-corrected chi connectivity index (χ0v) is 14.0. The highest BCUT2D eigenvalue weighted by molar-refractivity contribution is 7.89. The Balaban J connectivity index is 2.09. The minimum Gasteiger partial charge on any atom is -0.384 e. The van der Waals surface area contributed by atoms with Crippen molar-refractivity contribution in [2.75, 3.05) is 45.3 Å². The van der Waals surface area contributed by atoms with E-state index in [1.54, 1.807) is 0 Å². The zero-order chi connectivity index (χ0) is 16.7. The standard InChI is InChI=1S/C15H23FN2O4S/c1-21-9-6-18-23(19,20)15-10-13(16)2-3-14(15)17-11-12-4-7-22-8-5-12/h2-3,10,12,17-18H,4-9,11H2,1H3. The van der Waals surface area contributed by atoms with Crippen LogP contribution in [0.5, 0.6) is 0 Å². The molecule has 2 N–H and O–H groups in total. The highest BCUT2D eigenvalue weighted by Gasteiger charge is 2.20. The van der Waals surface area contributed by atoms with Gasteiger partial charge in [-0.25, -0.2) is 17.5 Å². The fourth-order valence-electron chi connectivity index (χ4n) is 2.43. The Hall–Kier alpha value is -1.22. The highest BCUT2D eigenvalue weighted by Crippen LogP contribution is 2.24. The van der Waals surface area contributed by atoms with E-state index in [1.165, 1.54) is 19.2 Å². The molecule has 0 unspecified atom stereocenters. The molecule has 0 atom stereocenters. The van der Waals surface area contributed by atoms with Gasteiger partial charge >= 0.3 is 0 Å². The SMILES string of the molecule is COCCNS(=O)(=O)c1cc(F)ccc1NCC1CCOCC1. The van der Waals surface area contributed by atoms with E-state index in [0.717, 1.165) is 32.1 Å². The molecule has 0 amide bonds. The van der Waals surface area contributed by atoms with E-state index in [1.807, 2.05) is 0 Å². The molecule has 23 heavy (non-hydrogen) atoms. The van der Waals surface area contributed by atoms with Crippen LogP contribution in [-0.2, 0) is 19.5 Å². The Morgan fingerprint density at radius 1 is 1.35 bits per heavy atom. The topological polar surface area (TPSA) is 76.7 Å². The van der Waals surface area contributed by atoms with Crippen LogP contribution in [0.1, 0.15) is 12.8 Å². The van der Waals surface area contributed by atoms with Crippen molar-refractivity contribution in [3.8, 4) is 0 Å². The fraction of sp³-hybridized carbons (Fsp3) is 0.600. The number of ether oxygens (including phenoxy) is 2. The smallest absolute Gasteiger partial charge is 0.242 e. The molecule has 1 saturated heterocycles. The molecule has 8 heteroatoms. The molecule has 1 aromatic rings. The van der Waals surface area contributed by atoms with Crippen molar-refractivity contribution >= 4 is 15.7 Å². The van der Waals surface area contributed by atoms with Crippen molar-refractivity contribution in [1.29, 1.82) is 0 Å². The summed E-state index contributed by atoms with van der Waals surface area (Å²) in [6.45, 7) is 2.46. The van der Waals surface area contributed by atoms with Gasteiger partial charge in [0.1, 0.15) is 10.7 Å². The number of hydrogen-bond acceptors (Lipinski definition) is 5. The van der Waals surface area contributed by atoms with Crippen LogP contribution in [0.2, 0.25) is 0 Å². The van der Waals surface area contributed by atoms with Crippen molar-refractivity contribution in [2.24, 2.45) is 5.92 Å². The van der Waals surface area contributed by atoms with Gasteiger partial charge in [0.2, 0.25) is 10.0 Å². The van der Waals surface area contributed by atoms with Crippen molar-refractivity contribution in [3.05, 3.63) is 24.0 Å². The minimum absolute atomic E-state index is 0.0827. The lowest BCUT2D eigenvalue weighted by atomic mass is 10.0. The normalized spacial score (nSPS) is 16.4. The Bertz CT molecular complexity index is 603. The lowest BCUT2D eigenvalue weighted by Gasteiger charge is -2.23. The molecule has 0 bridgehead atoms. The number of anilines is 1. The van der Waals surface area contributed by atoms with E-state index in [0.29, 0.717) is 18.2 Å². The molecular weight excluding hydrogens is 323 g/mol. The van der Waals surface area contributed by atoms with E-state index in [-0.39, 0.29) is 18.0 Å². The summed E-state index contributed by atoms with van der Waals surface area (Å²) in [6.07, 6.45) is 1.87. The molecule has 130 valence electrons. The molecule has 1 fully saturated rings. The minimum atomic E-state index is -3.80. The van der Waals surface area contributed by atoms with Crippen LogP contribution in [0.15, 0.2) is 23.1 Å². The molecule has 1 aliphatic heterocycles. The first-order chi connectivity index (χ1) is 11.0. The number of methoxy groups -OCH3 is 1. The van der Waals surface area contributed by atoms with E-state index in [9.17, 15) is 12.8 Å². The van der Waals surface area contributed by atoms with E-state index >= 15 is 0 Å². The maximum atomic E-state index is 13.5. The van der Waals surface area contributed by atoms with Crippen LogP contribution in [0.25, 0.3) is 0 Å². The van der Waals surface area contributed by atoms with Crippen molar-refractivity contribution in [2.45, 2.75) is 17.7 Å². The van der Waals surface area contributed by atoms with Gasteiger partial charge in [0, 0.05) is 33.4 Å². The lowest BCUT2D eigenvalue weighted by molar-refractivity contribution is 0.0699. The number of nitrogens with one attached hydrogen (secondary N) is 2. The molecule has 0 spiro atoms. The summed E-state index contributed by atoms with van der Waals surface area (Å²) in [5.41, 5.74) is 0.405. The van der Waals surface area contributed by atoms with Gasteiger partial charge in [-0.05, 0) is 37.0 Å². The second-order valence-electron chi connectivity index (χ2n) is 5.47. The summed E-state index contributed by atoms with van der Waals surface area (Å²) in [4.78, 5) is -0.0827. The third-order valence-corrected chi connectivity index (χ3v) is 5.25. The van der Waals surface area contributed by atoms with Gasteiger partial charge in [0.25, 0.3) is 0 Å². The summed E-state index contributed by atoms with van der Waals surface area (Å²) in [5, 5.41) is 3.13. The Labute approximate surface area is 136 Å². The molecule has 6 nitrogen and oxygen atoms in total. The van der Waals surface area contributed by atoms with Crippen LogP contribution in [0, 0.1) is 11.7 Å². The molecule has 1 aromatic carbocycles. The molecule has 0 radical (unpaired) electrons. The molecule has 2 rings (SSSR count). The summed E-state index contributed by atoms with van der Waals surface area (Å²) < 4.78 is 50.7. The second kappa shape index (κ2) is 8.58. The van der Waals surface area contributed by atoms with Crippen LogP contribution in [0.3, 0.4) is 0 Å². The van der Waals surface area contributed by atoms with Gasteiger partial charge in [-0.2, -0.15) is 0 Å². The first-order valence-corrected chi connectivity index (χ1v) is 9.11. The van der Waals surface area contributed by atoms with Crippen LogP contribution < -0.4 is 10.0 Å². The Morgan fingerprint density at radius 2 is 2.09 bits per heavy atom. The number of halogens is 1. The third kappa shape index (κ3) is 5.42. The second-order valence-corrected chi connectivity index (χ2v) is 7.20. The summed E-state index contributed by atoms with van der Waals surface area (Å²) in [5.74, 6) is -0.167. The monoisotopic (exact) mass is 346 g/mol. The first kappa shape index (κ1) is 18.1. The van der Waals surface area contributed by atoms with E-state index in [4.69, 9.17) is 9.47 Å². The molecule has 0 aromatic heterocycles. The third-order valence-electron chi connectivity index (χ3n) is 3.75. The van der Waals surface area contributed by atoms with E-state index < -0.39 is 15.8 Å². The molecule has 1 heterocycles. The summed E-state index contributed by atoms with van der Waals surface area (Å²) in [6, 6.07) is 3.74. The largest absolute Gasteiger partial charge is 0.384 e. The average molecular weight is 346 g/mol. The fourth-order valence-corrected chi connectivity index (χ4v) is 3.63. The maximum Gasteiger partial charge on any atom is 0.242 e. The summed E-state index contributed by atoms with van der Waals surface area (Å²) >= 11 is 0. The predicted molar refractivity (Wildman–Crippen MR) is 85.5 cm³/mol. The van der Waals surface area contributed by atoms with Crippen LogP contribution >= 0.6 is 0 Å². The zero-order valence-electron chi connectivity index (χ0n) is 13.2. The quantitative estimate of drug-likeness (QED) is 0.699. The van der Waals surface area contributed by atoms with Crippen LogP contribution in [0.4, 0.5) is 10.1 Å². The number of hydrogen-bond donors (Lipinski definition) is 2. The highest BCUT2D eigenvalue weighted by atomic mass is 32.2. The number of rotatable bonds is 8. The Kier molecular flexibility index (Phi) is 6.76. The van der Waals surface area contributed by atoms with Crippen molar-refractivity contribution in [1.82, 2.24) is 4.72 Å². The van der Waals surface area contributed by atoms with Gasteiger partial charge in [0.05, 0.1) is 12.3 Å². The van der Waals surface area contributed by atoms with Crippen molar-refractivity contribution in [3.63, 3.8) is 0 Å².